The Morgan fingerprint density at radius 2 is 1.88 bits per heavy atom. The van der Waals surface area contributed by atoms with Gasteiger partial charge in [0.1, 0.15) is 0 Å². The Morgan fingerprint density at radius 1 is 1.18 bits per heavy atom. The molecule has 1 nitrogen and oxygen atoms in total. The fourth-order valence-electron chi connectivity index (χ4n) is 1.78. The summed E-state index contributed by atoms with van der Waals surface area (Å²) in [7, 11) is 0. The van der Waals surface area contributed by atoms with Crippen LogP contribution >= 0.6 is 34.5 Å². The van der Waals surface area contributed by atoms with E-state index in [4.69, 9.17) is 23.2 Å². The van der Waals surface area contributed by atoms with E-state index in [2.05, 4.69) is 0 Å². The molecule has 4 heteroatoms. The molecule has 0 saturated carbocycles. The summed E-state index contributed by atoms with van der Waals surface area (Å²) in [5.41, 5.74) is -0.238. The molecule has 1 N–H and O–H groups in total. The number of benzene rings is 1. The Kier molecular flexibility index (Phi) is 3.79. The van der Waals surface area contributed by atoms with Crippen molar-refractivity contribution >= 4 is 34.5 Å². The van der Waals surface area contributed by atoms with Gasteiger partial charge < -0.3 is 5.11 Å². The highest BCUT2D eigenvalue weighted by atomic mass is 35.5. The largest absolute Gasteiger partial charge is 0.385 e. The van der Waals surface area contributed by atoms with Gasteiger partial charge >= 0.3 is 0 Å². The van der Waals surface area contributed by atoms with Crippen LogP contribution in [0.25, 0.3) is 0 Å². The SMILES string of the molecule is CC(O)(Cc1ccc(Cl)s1)c1ccccc1Cl. The maximum absolute atomic E-state index is 10.5. The molecule has 1 atom stereocenters. The fourth-order valence-corrected chi connectivity index (χ4v) is 3.35. The monoisotopic (exact) mass is 286 g/mol. The van der Waals surface area contributed by atoms with E-state index in [1.54, 1.807) is 13.0 Å². The van der Waals surface area contributed by atoms with Crippen LogP contribution in [0.3, 0.4) is 0 Å². The first-order chi connectivity index (χ1) is 7.99. The standard InChI is InChI=1S/C13H12Cl2OS/c1-13(16,8-9-6-7-12(15)17-9)10-4-2-3-5-11(10)14/h2-7,16H,8H2,1H3. The average molecular weight is 287 g/mol. The van der Waals surface area contributed by atoms with E-state index in [1.165, 1.54) is 11.3 Å². The molecule has 0 bridgehead atoms. The van der Waals surface area contributed by atoms with Crippen molar-refractivity contribution in [1.82, 2.24) is 0 Å². The minimum atomic E-state index is -0.980. The summed E-state index contributed by atoms with van der Waals surface area (Å²) in [6.45, 7) is 1.77. The van der Waals surface area contributed by atoms with Gasteiger partial charge in [0, 0.05) is 21.9 Å². The van der Waals surface area contributed by atoms with Crippen LogP contribution in [0.1, 0.15) is 17.4 Å². The summed E-state index contributed by atoms with van der Waals surface area (Å²) in [6.07, 6.45) is 0.508. The van der Waals surface area contributed by atoms with Gasteiger partial charge in [-0.1, -0.05) is 41.4 Å². The number of rotatable bonds is 3. The molecule has 0 saturated heterocycles. The zero-order valence-corrected chi connectivity index (χ0v) is 11.6. The number of aliphatic hydroxyl groups is 1. The first-order valence-electron chi connectivity index (χ1n) is 5.20. The van der Waals surface area contributed by atoms with Crippen molar-refractivity contribution in [3.63, 3.8) is 0 Å². The molecular weight excluding hydrogens is 275 g/mol. The van der Waals surface area contributed by atoms with Gasteiger partial charge in [0.05, 0.1) is 9.94 Å². The topological polar surface area (TPSA) is 20.2 Å². The van der Waals surface area contributed by atoms with Crippen LogP contribution in [0.2, 0.25) is 9.36 Å². The third kappa shape index (κ3) is 3.02. The Hall–Kier alpha value is -0.540. The summed E-state index contributed by atoms with van der Waals surface area (Å²) in [6, 6.07) is 11.1. The second kappa shape index (κ2) is 4.99. The predicted molar refractivity (Wildman–Crippen MR) is 74.1 cm³/mol. The van der Waals surface area contributed by atoms with E-state index < -0.39 is 5.60 Å². The van der Waals surface area contributed by atoms with Gasteiger partial charge in [-0.25, -0.2) is 0 Å². The maximum Gasteiger partial charge on any atom is 0.0931 e. The van der Waals surface area contributed by atoms with E-state index in [0.717, 1.165) is 14.8 Å². The van der Waals surface area contributed by atoms with E-state index >= 15 is 0 Å². The van der Waals surface area contributed by atoms with Gasteiger partial charge in [0.25, 0.3) is 0 Å². The summed E-state index contributed by atoms with van der Waals surface area (Å²) >= 11 is 13.5. The zero-order chi connectivity index (χ0) is 12.5. The zero-order valence-electron chi connectivity index (χ0n) is 9.28. The molecule has 1 heterocycles. The molecule has 0 aliphatic heterocycles. The van der Waals surface area contributed by atoms with Gasteiger partial charge in [-0.2, -0.15) is 0 Å². The van der Waals surface area contributed by atoms with Crippen LogP contribution in [-0.2, 0) is 12.0 Å². The molecule has 0 amide bonds. The predicted octanol–water partition coefficient (Wildman–Crippen LogP) is 4.51. The molecule has 2 rings (SSSR count). The second-order valence-corrected chi connectivity index (χ2v) is 6.34. The highest BCUT2D eigenvalue weighted by Crippen LogP contribution is 2.33. The van der Waals surface area contributed by atoms with Gasteiger partial charge in [-0.05, 0) is 25.1 Å². The summed E-state index contributed by atoms with van der Waals surface area (Å²) in [5.74, 6) is 0. The smallest absolute Gasteiger partial charge is 0.0931 e. The van der Waals surface area contributed by atoms with Crippen LogP contribution < -0.4 is 0 Å². The third-order valence-electron chi connectivity index (χ3n) is 2.60. The van der Waals surface area contributed by atoms with Gasteiger partial charge in [0.2, 0.25) is 0 Å². The molecule has 2 aromatic rings. The van der Waals surface area contributed by atoms with Gasteiger partial charge in [-0.15, -0.1) is 11.3 Å². The number of hydrogen-bond acceptors (Lipinski definition) is 2. The van der Waals surface area contributed by atoms with Gasteiger partial charge in [0.15, 0.2) is 0 Å². The van der Waals surface area contributed by atoms with E-state index in [-0.39, 0.29) is 0 Å². The summed E-state index contributed by atoms with van der Waals surface area (Å²) < 4.78 is 0.731. The van der Waals surface area contributed by atoms with E-state index in [9.17, 15) is 5.11 Å². The lowest BCUT2D eigenvalue weighted by molar-refractivity contribution is 0.0586. The third-order valence-corrected chi connectivity index (χ3v) is 4.16. The summed E-state index contributed by atoms with van der Waals surface area (Å²) in [5, 5.41) is 11.1. The van der Waals surface area contributed by atoms with Crippen molar-refractivity contribution in [3.8, 4) is 0 Å². The average Bonchev–Trinajstić information content (AvgIpc) is 2.63. The Morgan fingerprint density at radius 3 is 2.47 bits per heavy atom. The van der Waals surface area contributed by atoms with Crippen LogP contribution in [0, 0.1) is 0 Å². The van der Waals surface area contributed by atoms with Crippen LogP contribution in [0.15, 0.2) is 36.4 Å². The molecule has 0 spiro atoms. The van der Waals surface area contributed by atoms with Crippen molar-refractivity contribution in [2.75, 3.05) is 0 Å². The Balaban J connectivity index is 2.27. The van der Waals surface area contributed by atoms with Crippen molar-refractivity contribution < 1.29 is 5.11 Å². The van der Waals surface area contributed by atoms with Crippen molar-refractivity contribution in [2.45, 2.75) is 18.9 Å². The van der Waals surface area contributed by atoms with Crippen molar-refractivity contribution in [3.05, 3.63) is 56.2 Å². The normalized spacial score (nSPS) is 14.6. The minimum absolute atomic E-state index is 0.508. The lowest BCUT2D eigenvalue weighted by Crippen LogP contribution is -2.24. The molecule has 1 unspecified atom stereocenters. The lowest BCUT2D eigenvalue weighted by Gasteiger charge is -2.24. The molecule has 90 valence electrons. The molecule has 0 fully saturated rings. The minimum Gasteiger partial charge on any atom is -0.385 e. The molecule has 1 aromatic heterocycles. The van der Waals surface area contributed by atoms with Gasteiger partial charge in [-0.3, -0.25) is 0 Å². The first kappa shape index (κ1) is 12.9. The number of hydrogen-bond donors (Lipinski definition) is 1. The van der Waals surface area contributed by atoms with Crippen LogP contribution in [0.5, 0.6) is 0 Å². The highest BCUT2D eigenvalue weighted by Gasteiger charge is 2.26. The Bertz CT molecular complexity index is 520. The molecule has 0 aliphatic carbocycles. The van der Waals surface area contributed by atoms with E-state index in [0.29, 0.717) is 11.4 Å². The number of thiophene rings is 1. The van der Waals surface area contributed by atoms with Crippen molar-refractivity contribution in [2.24, 2.45) is 0 Å². The van der Waals surface area contributed by atoms with E-state index in [1.807, 2.05) is 30.3 Å². The van der Waals surface area contributed by atoms with Crippen molar-refractivity contribution in [1.29, 1.82) is 0 Å². The van der Waals surface area contributed by atoms with Crippen LogP contribution in [0.4, 0.5) is 0 Å². The number of halogens is 2. The first-order valence-corrected chi connectivity index (χ1v) is 6.78. The quantitative estimate of drug-likeness (QED) is 0.881. The molecule has 17 heavy (non-hydrogen) atoms. The lowest BCUT2D eigenvalue weighted by atomic mass is 9.92. The molecule has 0 aliphatic rings. The molecule has 0 radical (unpaired) electrons. The maximum atomic E-state index is 10.5. The molecule has 1 aromatic carbocycles. The summed E-state index contributed by atoms with van der Waals surface area (Å²) in [4.78, 5) is 1.04. The highest BCUT2D eigenvalue weighted by molar-refractivity contribution is 7.16. The molecular formula is C13H12Cl2OS. The van der Waals surface area contributed by atoms with Crippen LogP contribution in [-0.4, -0.2) is 5.11 Å². The second-order valence-electron chi connectivity index (χ2n) is 4.14. The fraction of sp³-hybridized carbons (Fsp3) is 0.231. The Labute approximate surface area is 115 Å².